The number of carbonyl (C=O) groups is 1. The minimum absolute atomic E-state index is 0.240. The molecule has 0 unspecified atom stereocenters. The number of aromatic nitrogens is 5. The van der Waals surface area contributed by atoms with E-state index in [9.17, 15) is 9.18 Å². The van der Waals surface area contributed by atoms with Gasteiger partial charge in [0.1, 0.15) is 11.6 Å². The quantitative estimate of drug-likeness (QED) is 0.481. The molecule has 1 N–H and O–H groups in total. The molecule has 0 bridgehead atoms. The molecule has 1 aliphatic heterocycles. The molecule has 4 aromatic rings. The molecule has 6 rings (SSSR count). The third kappa shape index (κ3) is 3.69. The van der Waals surface area contributed by atoms with Gasteiger partial charge in [0.05, 0.1) is 5.69 Å². The van der Waals surface area contributed by atoms with E-state index in [-0.39, 0.29) is 11.7 Å². The Hall–Kier alpha value is -3.81. The second kappa shape index (κ2) is 8.52. The van der Waals surface area contributed by atoms with Gasteiger partial charge in [-0.2, -0.15) is 5.10 Å². The first-order valence-electron chi connectivity index (χ1n) is 11.9. The molecule has 7 nitrogen and oxygen atoms in total. The van der Waals surface area contributed by atoms with Gasteiger partial charge in [-0.3, -0.25) is 4.79 Å². The monoisotopic (exact) mass is 456 g/mol. The molecular formula is C26H25FN6O. The molecule has 0 saturated heterocycles. The summed E-state index contributed by atoms with van der Waals surface area (Å²) in [5.74, 6) is 1.34. The Morgan fingerprint density at radius 3 is 2.71 bits per heavy atom. The number of rotatable bonds is 4. The number of hydrogen-bond donors (Lipinski definition) is 1. The number of anilines is 1. The van der Waals surface area contributed by atoms with E-state index in [2.05, 4.69) is 25.2 Å². The SMILES string of the molecule is O=C(Nc1cccc(-c2nnc3n2CCCCC3)c1)c1nn(-c2ccc(F)cc2)c2c1CCC2. The summed E-state index contributed by atoms with van der Waals surface area (Å²) in [4.78, 5) is 13.3. The lowest BCUT2D eigenvalue weighted by Gasteiger charge is -2.09. The van der Waals surface area contributed by atoms with Crippen LogP contribution in [0.1, 0.15) is 53.3 Å². The minimum atomic E-state index is -0.296. The van der Waals surface area contributed by atoms with Crippen molar-refractivity contribution in [2.45, 2.75) is 51.5 Å². The lowest BCUT2D eigenvalue weighted by molar-refractivity contribution is 0.102. The van der Waals surface area contributed by atoms with Gasteiger partial charge in [0.25, 0.3) is 5.91 Å². The molecule has 172 valence electrons. The van der Waals surface area contributed by atoms with Crippen molar-refractivity contribution in [1.82, 2.24) is 24.5 Å². The second-order valence-corrected chi connectivity index (χ2v) is 8.95. The lowest BCUT2D eigenvalue weighted by atomic mass is 10.1. The van der Waals surface area contributed by atoms with Crippen LogP contribution in [0.15, 0.2) is 48.5 Å². The third-order valence-corrected chi connectivity index (χ3v) is 6.70. The summed E-state index contributed by atoms with van der Waals surface area (Å²) in [6.45, 7) is 0.918. The Labute approximate surface area is 196 Å². The number of nitrogens with one attached hydrogen (secondary N) is 1. The summed E-state index contributed by atoms with van der Waals surface area (Å²) in [7, 11) is 0. The van der Waals surface area contributed by atoms with Crippen LogP contribution in [0, 0.1) is 5.82 Å². The van der Waals surface area contributed by atoms with Crippen LogP contribution in [0.2, 0.25) is 0 Å². The molecule has 34 heavy (non-hydrogen) atoms. The Morgan fingerprint density at radius 2 is 1.82 bits per heavy atom. The molecule has 2 aromatic heterocycles. The van der Waals surface area contributed by atoms with Gasteiger partial charge in [0.2, 0.25) is 0 Å². The zero-order chi connectivity index (χ0) is 23.1. The number of hydrogen-bond acceptors (Lipinski definition) is 4. The molecule has 3 heterocycles. The molecule has 8 heteroatoms. The van der Waals surface area contributed by atoms with Crippen molar-refractivity contribution < 1.29 is 9.18 Å². The maximum atomic E-state index is 13.4. The van der Waals surface area contributed by atoms with Gasteiger partial charge in [-0.05, 0) is 68.5 Å². The number of fused-ring (bicyclic) bond motifs is 2. The first kappa shape index (κ1) is 20.8. The van der Waals surface area contributed by atoms with Crippen LogP contribution in [0.3, 0.4) is 0 Å². The van der Waals surface area contributed by atoms with E-state index in [0.717, 1.165) is 79.2 Å². The molecule has 0 atom stereocenters. The van der Waals surface area contributed by atoms with Gasteiger partial charge in [-0.15, -0.1) is 10.2 Å². The molecule has 1 aliphatic carbocycles. The average molecular weight is 457 g/mol. The molecule has 2 aliphatic rings. The fraction of sp³-hybridized carbons (Fsp3) is 0.308. The predicted molar refractivity (Wildman–Crippen MR) is 127 cm³/mol. The summed E-state index contributed by atoms with van der Waals surface area (Å²) in [5.41, 5.74) is 4.81. The van der Waals surface area contributed by atoms with Crippen molar-refractivity contribution in [3.8, 4) is 17.1 Å². The van der Waals surface area contributed by atoms with Gasteiger partial charge in [-0.25, -0.2) is 9.07 Å². The van der Waals surface area contributed by atoms with Crippen molar-refractivity contribution in [2.75, 3.05) is 5.32 Å². The van der Waals surface area contributed by atoms with Crippen LogP contribution in [0.4, 0.5) is 10.1 Å². The fourth-order valence-corrected chi connectivity index (χ4v) is 5.04. The number of nitrogens with zero attached hydrogens (tertiary/aromatic N) is 5. The van der Waals surface area contributed by atoms with Crippen LogP contribution in [-0.4, -0.2) is 30.5 Å². The highest BCUT2D eigenvalue weighted by Gasteiger charge is 2.27. The third-order valence-electron chi connectivity index (χ3n) is 6.70. The Balaban J connectivity index is 1.29. The number of halogens is 1. The van der Waals surface area contributed by atoms with Gasteiger partial charge >= 0.3 is 0 Å². The van der Waals surface area contributed by atoms with E-state index in [4.69, 9.17) is 0 Å². The van der Waals surface area contributed by atoms with Gasteiger partial charge in [0, 0.05) is 35.5 Å². The summed E-state index contributed by atoms with van der Waals surface area (Å²) < 4.78 is 17.4. The fourth-order valence-electron chi connectivity index (χ4n) is 5.04. The standard InChI is InChI=1S/C26H25FN6O/c27-18-11-13-20(14-12-18)33-22-9-5-8-21(22)24(31-33)26(34)28-19-7-4-6-17(16-19)25-30-29-23-10-2-1-3-15-32(23)25/h4,6-7,11-14,16H,1-3,5,8-10,15H2,(H,28,34). The molecular weight excluding hydrogens is 431 g/mol. The normalized spacial score (nSPS) is 15.0. The summed E-state index contributed by atoms with van der Waals surface area (Å²) in [6.07, 6.45) is 7.05. The van der Waals surface area contributed by atoms with Crippen molar-refractivity contribution >= 4 is 11.6 Å². The van der Waals surface area contributed by atoms with E-state index < -0.39 is 0 Å². The summed E-state index contributed by atoms with van der Waals surface area (Å²) in [6, 6.07) is 13.9. The van der Waals surface area contributed by atoms with Crippen molar-refractivity contribution in [1.29, 1.82) is 0 Å². The zero-order valence-electron chi connectivity index (χ0n) is 18.8. The van der Waals surface area contributed by atoms with Crippen molar-refractivity contribution in [3.05, 3.63) is 77.1 Å². The largest absolute Gasteiger partial charge is 0.321 e. The number of carbonyl (C=O) groups excluding carboxylic acids is 1. The topological polar surface area (TPSA) is 77.6 Å². The van der Waals surface area contributed by atoms with E-state index in [1.54, 1.807) is 16.8 Å². The second-order valence-electron chi connectivity index (χ2n) is 8.95. The van der Waals surface area contributed by atoms with Crippen molar-refractivity contribution in [3.63, 3.8) is 0 Å². The Morgan fingerprint density at radius 1 is 0.941 bits per heavy atom. The minimum Gasteiger partial charge on any atom is -0.321 e. The lowest BCUT2D eigenvalue weighted by Crippen LogP contribution is -2.15. The van der Waals surface area contributed by atoms with Crippen LogP contribution in [-0.2, 0) is 25.8 Å². The zero-order valence-corrected chi connectivity index (χ0v) is 18.8. The Kier molecular flexibility index (Phi) is 5.20. The number of aryl methyl sites for hydroxylation is 1. The molecule has 0 fully saturated rings. The van der Waals surface area contributed by atoms with E-state index in [0.29, 0.717) is 11.4 Å². The van der Waals surface area contributed by atoms with E-state index >= 15 is 0 Å². The van der Waals surface area contributed by atoms with E-state index in [1.807, 2.05) is 24.3 Å². The molecule has 0 saturated carbocycles. The maximum Gasteiger partial charge on any atom is 0.276 e. The highest BCUT2D eigenvalue weighted by Crippen LogP contribution is 2.29. The van der Waals surface area contributed by atoms with Gasteiger partial charge in [-0.1, -0.05) is 18.6 Å². The average Bonchev–Trinajstić information content (AvgIpc) is 3.52. The van der Waals surface area contributed by atoms with Crippen LogP contribution in [0.5, 0.6) is 0 Å². The first-order chi connectivity index (χ1) is 16.7. The van der Waals surface area contributed by atoms with Crippen LogP contribution in [0.25, 0.3) is 17.1 Å². The molecule has 2 aromatic carbocycles. The maximum absolute atomic E-state index is 13.4. The summed E-state index contributed by atoms with van der Waals surface area (Å²) in [5, 5.41) is 16.5. The molecule has 0 radical (unpaired) electrons. The Bertz CT molecular complexity index is 1370. The molecule has 0 spiro atoms. The molecule has 1 amide bonds. The van der Waals surface area contributed by atoms with Gasteiger partial charge in [0.15, 0.2) is 11.5 Å². The first-order valence-corrected chi connectivity index (χ1v) is 11.9. The van der Waals surface area contributed by atoms with E-state index in [1.165, 1.54) is 18.6 Å². The van der Waals surface area contributed by atoms with Crippen LogP contribution < -0.4 is 5.32 Å². The predicted octanol–water partition coefficient (Wildman–Crippen LogP) is 4.74. The number of amides is 1. The van der Waals surface area contributed by atoms with Crippen LogP contribution >= 0.6 is 0 Å². The highest BCUT2D eigenvalue weighted by molar-refractivity contribution is 6.04. The smallest absolute Gasteiger partial charge is 0.276 e. The summed E-state index contributed by atoms with van der Waals surface area (Å²) >= 11 is 0. The number of benzene rings is 2. The highest BCUT2D eigenvalue weighted by atomic mass is 19.1. The van der Waals surface area contributed by atoms with Crippen molar-refractivity contribution in [2.24, 2.45) is 0 Å². The van der Waals surface area contributed by atoms with Gasteiger partial charge < -0.3 is 9.88 Å².